The molecule has 4 rings (SSSR count). The molecule has 0 aliphatic rings. The highest BCUT2D eigenvalue weighted by molar-refractivity contribution is 7.94. The molecule has 2 aromatic heterocycles. The lowest BCUT2D eigenvalue weighted by Crippen LogP contribution is -2.26. The Labute approximate surface area is 194 Å². The molecule has 0 saturated heterocycles. The standard InChI is InChI=1S/C22H23FN4O4S2/c1-14-17-6-5-16(12-19(17)26-25-14)31-9-8-24-13-21(28)15-4-7-18(23)20(11-15)27-33(29,30)22-3-2-10-32-22/h2-7,10-12,21,24,27-28H,8-9,13H2,1H3,(H,25,26). The van der Waals surface area contributed by atoms with E-state index in [9.17, 15) is 17.9 Å². The summed E-state index contributed by atoms with van der Waals surface area (Å²) < 4.78 is 46.9. The Hall–Kier alpha value is -2.99. The highest BCUT2D eigenvalue weighted by Gasteiger charge is 2.19. The first-order valence-corrected chi connectivity index (χ1v) is 12.5. The summed E-state index contributed by atoms with van der Waals surface area (Å²) in [5.74, 6) is -0.0333. The average molecular weight is 491 g/mol. The van der Waals surface area contributed by atoms with Crippen LogP contribution in [0.3, 0.4) is 0 Å². The van der Waals surface area contributed by atoms with Gasteiger partial charge in [0.1, 0.15) is 22.4 Å². The molecule has 0 saturated carbocycles. The van der Waals surface area contributed by atoms with Gasteiger partial charge in [0.2, 0.25) is 0 Å². The first-order chi connectivity index (χ1) is 15.8. The normalized spacial score (nSPS) is 12.7. The summed E-state index contributed by atoms with van der Waals surface area (Å²) in [6.45, 7) is 2.97. The van der Waals surface area contributed by atoms with Crippen LogP contribution < -0.4 is 14.8 Å². The molecule has 4 aromatic rings. The van der Waals surface area contributed by atoms with E-state index >= 15 is 0 Å². The maximum atomic E-state index is 14.2. The van der Waals surface area contributed by atoms with Gasteiger partial charge >= 0.3 is 0 Å². The number of aromatic amines is 1. The monoisotopic (exact) mass is 490 g/mol. The van der Waals surface area contributed by atoms with Crippen molar-refractivity contribution in [2.45, 2.75) is 17.2 Å². The van der Waals surface area contributed by atoms with E-state index in [1.165, 1.54) is 18.2 Å². The molecule has 2 aromatic carbocycles. The second kappa shape index (κ2) is 9.87. The minimum atomic E-state index is -3.89. The lowest BCUT2D eigenvalue weighted by molar-refractivity contribution is 0.172. The van der Waals surface area contributed by atoms with Crippen molar-refractivity contribution in [2.24, 2.45) is 0 Å². The van der Waals surface area contributed by atoms with Crippen LogP contribution in [-0.4, -0.2) is 43.4 Å². The third-order valence-corrected chi connectivity index (χ3v) is 7.74. The minimum absolute atomic E-state index is 0.0797. The zero-order chi connectivity index (χ0) is 23.4. The summed E-state index contributed by atoms with van der Waals surface area (Å²) >= 11 is 1.03. The molecule has 0 spiro atoms. The van der Waals surface area contributed by atoms with Crippen molar-refractivity contribution in [1.82, 2.24) is 15.5 Å². The van der Waals surface area contributed by atoms with Crippen molar-refractivity contribution in [3.05, 3.63) is 71.0 Å². The summed E-state index contributed by atoms with van der Waals surface area (Å²) in [5, 5.41) is 23.3. The SMILES string of the molecule is Cc1[nH]nc2cc(OCCNCC(O)c3ccc(F)c(NS(=O)(=O)c4cccs4)c3)ccc12. The van der Waals surface area contributed by atoms with Gasteiger partial charge < -0.3 is 15.2 Å². The van der Waals surface area contributed by atoms with E-state index in [1.54, 1.807) is 11.4 Å². The second-order valence-corrected chi connectivity index (χ2v) is 10.2. The summed E-state index contributed by atoms with van der Waals surface area (Å²) in [6, 6.07) is 12.5. The Morgan fingerprint density at radius 2 is 2.09 bits per heavy atom. The number of sulfonamides is 1. The molecule has 33 heavy (non-hydrogen) atoms. The highest BCUT2D eigenvalue weighted by Crippen LogP contribution is 2.25. The Balaban J connectivity index is 1.29. The number of aliphatic hydroxyl groups excluding tert-OH is 1. The van der Waals surface area contributed by atoms with Gasteiger partial charge in [0.05, 0.1) is 17.3 Å². The first-order valence-electron chi connectivity index (χ1n) is 10.2. The number of aromatic nitrogens is 2. The van der Waals surface area contributed by atoms with Crippen molar-refractivity contribution in [3.8, 4) is 5.75 Å². The van der Waals surface area contributed by atoms with Crippen LogP contribution >= 0.6 is 11.3 Å². The number of thiophene rings is 1. The van der Waals surface area contributed by atoms with Crippen LogP contribution in [0.2, 0.25) is 0 Å². The van der Waals surface area contributed by atoms with Crippen LogP contribution in [0.4, 0.5) is 10.1 Å². The van der Waals surface area contributed by atoms with E-state index in [1.807, 2.05) is 25.1 Å². The fourth-order valence-corrected chi connectivity index (χ4v) is 5.30. The van der Waals surface area contributed by atoms with Gasteiger partial charge in [-0.2, -0.15) is 5.10 Å². The lowest BCUT2D eigenvalue weighted by Gasteiger charge is -2.15. The van der Waals surface area contributed by atoms with Crippen LogP contribution in [-0.2, 0) is 10.0 Å². The third-order valence-electron chi connectivity index (χ3n) is 4.98. The van der Waals surface area contributed by atoms with E-state index in [2.05, 4.69) is 20.2 Å². The quantitative estimate of drug-likeness (QED) is 0.253. The number of hydrogen-bond donors (Lipinski definition) is 4. The van der Waals surface area contributed by atoms with Crippen LogP contribution in [0.15, 0.2) is 58.1 Å². The number of nitrogens with zero attached hydrogens (tertiary/aromatic N) is 1. The van der Waals surface area contributed by atoms with E-state index in [4.69, 9.17) is 4.74 Å². The third kappa shape index (κ3) is 5.50. The maximum absolute atomic E-state index is 14.2. The minimum Gasteiger partial charge on any atom is -0.492 e. The predicted molar refractivity (Wildman–Crippen MR) is 126 cm³/mol. The van der Waals surface area contributed by atoms with E-state index in [0.717, 1.165) is 34.0 Å². The Morgan fingerprint density at radius 3 is 2.88 bits per heavy atom. The fraction of sp³-hybridized carbons (Fsp3) is 0.227. The van der Waals surface area contributed by atoms with E-state index in [0.29, 0.717) is 24.5 Å². The largest absolute Gasteiger partial charge is 0.492 e. The van der Waals surface area contributed by atoms with Gasteiger partial charge in [-0.25, -0.2) is 12.8 Å². The highest BCUT2D eigenvalue weighted by atomic mass is 32.2. The average Bonchev–Trinajstić information content (AvgIpc) is 3.46. The van der Waals surface area contributed by atoms with Crippen LogP contribution in [0.5, 0.6) is 5.75 Å². The van der Waals surface area contributed by atoms with Crippen molar-refractivity contribution in [2.75, 3.05) is 24.4 Å². The molecule has 0 aliphatic heterocycles. The van der Waals surface area contributed by atoms with E-state index < -0.39 is 21.9 Å². The predicted octanol–water partition coefficient (Wildman–Crippen LogP) is 3.57. The number of halogens is 1. The van der Waals surface area contributed by atoms with Gasteiger partial charge in [-0.15, -0.1) is 11.3 Å². The molecule has 4 N–H and O–H groups in total. The molecule has 1 atom stereocenters. The summed E-state index contributed by atoms with van der Waals surface area (Å²) in [7, 11) is -3.89. The van der Waals surface area contributed by atoms with Gasteiger partial charge in [-0.1, -0.05) is 12.1 Å². The number of H-pyrrole nitrogens is 1. The van der Waals surface area contributed by atoms with Crippen molar-refractivity contribution in [1.29, 1.82) is 0 Å². The molecule has 174 valence electrons. The Kier molecular flexibility index (Phi) is 6.94. The number of rotatable bonds is 10. The first kappa shape index (κ1) is 23.2. The molecule has 0 fully saturated rings. The molecule has 1 unspecified atom stereocenters. The number of aryl methyl sites for hydroxylation is 1. The number of nitrogens with one attached hydrogen (secondary N) is 3. The fourth-order valence-electron chi connectivity index (χ4n) is 3.25. The van der Waals surface area contributed by atoms with Gasteiger partial charge in [-0.05, 0) is 48.2 Å². The number of benzene rings is 2. The molecular weight excluding hydrogens is 467 g/mol. The van der Waals surface area contributed by atoms with E-state index in [-0.39, 0.29) is 16.4 Å². The summed E-state index contributed by atoms with van der Waals surface area (Å²) in [4.78, 5) is 0. The molecule has 0 bridgehead atoms. The topological polar surface area (TPSA) is 116 Å². The van der Waals surface area contributed by atoms with Gasteiger partial charge in [0.15, 0.2) is 0 Å². The summed E-state index contributed by atoms with van der Waals surface area (Å²) in [5.41, 5.74) is 1.99. The molecule has 2 heterocycles. The number of fused-ring (bicyclic) bond motifs is 1. The molecule has 11 heteroatoms. The molecule has 0 aliphatic carbocycles. The molecule has 0 radical (unpaired) electrons. The number of hydrogen-bond acceptors (Lipinski definition) is 7. The van der Waals surface area contributed by atoms with Crippen LogP contribution in [0.25, 0.3) is 10.9 Å². The second-order valence-electron chi connectivity index (χ2n) is 7.37. The van der Waals surface area contributed by atoms with Crippen LogP contribution in [0, 0.1) is 12.7 Å². The van der Waals surface area contributed by atoms with Crippen molar-refractivity contribution in [3.63, 3.8) is 0 Å². The summed E-state index contributed by atoms with van der Waals surface area (Å²) in [6.07, 6.45) is -0.959. The smallest absolute Gasteiger partial charge is 0.271 e. The number of anilines is 1. The van der Waals surface area contributed by atoms with Crippen molar-refractivity contribution < 1.29 is 22.7 Å². The number of aliphatic hydroxyl groups is 1. The molecule has 8 nitrogen and oxygen atoms in total. The van der Waals surface area contributed by atoms with Crippen LogP contribution in [0.1, 0.15) is 17.4 Å². The van der Waals surface area contributed by atoms with Crippen molar-refractivity contribution >= 4 is 38.0 Å². The molecular formula is C22H23FN4O4S2. The zero-order valence-electron chi connectivity index (χ0n) is 17.7. The van der Waals surface area contributed by atoms with Gasteiger partial charge in [0.25, 0.3) is 10.0 Å². The van der Waals surface area contributed by atoms with Gasteiger partial charge in [0, 0.05) is 30.2 Å². The maximum Gasteiger partial charge on any atom is 0.271 e. The Bertz CT molecular complexity index is 1340. The zero-order valence-corrected chi connectivity index (χ0v) is 19.3. The molecule has 0 amide bonds. The van der Waals surface area contributed by atoms with Gasteiger partial charge in [-0.3, -0.25) is 9.82 Å². The number of ether oxygens (including phenoxy) is 1. The Morgan fingerprint density at radius 1 is 1.24 bits per heavy atom. The lowest BCUT2D eigenvalue weighted by atomic mass is 10.1.